The van der Waals surface area contributed by atoms with E-state index in [2.05, 4.69) is 13.5 Å². The number of rotatable bonds is 11. The Bertz CT molecular complexity index is 199. The third kappa shape index (κ3) is 8.96. The van der Waals surface area contributed by atoms with Crippen LogP contribution in [0.25, 0.3) is 0 Å². The SMILES string of the molecule is C=CCCCCC(CCCCCC)C(=O)OC. The van der Waals surface area contributed by atoms with Gasteiger partial charge in [0.05, 0.1) is 13.0 Å². The van der Waals surface area contributed by atoms with Crippen LogP contribution in [0.3, 0.4) is 0 Å². The molecule has 0 spiro atoms. The summed E-state index contributed by atoms with van der Waals surface area (Å²) >= 11 is 0. The Labute approximate surface area is 106 Å². The maximum Gasteiger partial charge on any atom is 0.308 e. The standard InChI is InChI=1S/C15H28O2/c1-4-6-8-10-12-14(15(16)17-3)13-11-9-7-5-2/h4,14H,1,5-13H2,2-3H3. The molecule has 0 radical (unpaired) electrons. The molecule has 17 heavy (non-hydrogen) atoms. The van der Waals surface area contributed by atoms with E-state index < -0.39 is 0 Å². The fraction of sp³-hybridized carbons (Fsp3) is 0.800. The van der Waals surface area contributed by atoms with E-state index in [0.717, 1.165) is 38.5 Å². The molecule has 0 bridgehead atoms. The van der Waals surface area contributed by atoms with E-state index in [4.69, 9.17) is 4.74 Å². The van der Waals surface area contributed by atoms with E-state index in [1.807, 2.05) is 6.08 Å². The van der Waals surface area contributed by atoms with Gasteiger partial charge >= 0.3 is 5.97 Å². The first-order chi connectivity index (χ1) is 8.26. The minimum Gasteiger partial charge on any atom is -0.469 e. The van der Waals surface area contributed by atoms with Crippen LogP contribution in [0.4, 0.5) is 0 Å². The molecule has 100 valence electrons. The molecule has 0 aliphatic rings. The van der Waals surface area contributed by atoms with Gasteiger partial charge < -0.3 is 4.74 Å². The number of allylic oxidation sites excluding steroid dienone is 1. The van der Waals surface area contributed by atoms with Gasteiger partial charge in [0.25, 0.3) is 0 Å². The van der Waals surface area contributed by atoms with Gasteiger partial charge in [-0.2, -0.15) is 0 Å². The number of hydrogen-bond acceptors (Lipinski definition) is 2. The summed E-state index contributed by atoms with van der Waals surface area (Å²) in [6, 6.07) is 0. The van der Waals surface area contributed by atoms with Crippen LogP contribution >= 0.6 is 0 Å². The highest BCUT2D eigenvalue weighted by molar-refractivity contribution is 5.72. The van der Waals surface area contributed by atoms with Crippen molar-refractivity contribution in [2.24, 2.45) is 5.92 Å². The molecule has 0 aromatic rings. The second kappa shape index (κ2) is 11.7. The van der Waals surface area contributed by atoms with Crippen LogP contribution in [0.5, 0.6) is 0 Å². The van der Waals surface area contributed by atoms with Gasteiger partial charge in [0.1, 0.15) is 0 Å². The van der Waals surface area contributed by atoms with Crippen LogP contribution in [-0.4, -0.2) is 13.1 Å². The van der Waals surface area contributed by atoms with Crippen molar-refractivity contribution in [2.45, 2.75) is 64.7 Å². The fourth-order valence-electron chi connectivity index (χ4n) is 2.04. The lowest BCUT2D eigenvalue weighted by atomic mass is 9.95. The summed E-state index contributed by atoms with van der Waals surface area (Å²) in [6.07, 6.45) is 12.1. The van der Waals surface area contributed by atoms with Crippen LogP contribution in [0.2, 0.25) is 0 Å². The quantitative estimate of drug-likeness (QED) is 0.302. The third-order valence-corrected chi connectivity index (χ3v) is 3.15. The van der Waals surface area contributed by atoms with Gasteiger partial charge in [-0.05, 0) is 25.7 Å². The van der Waals surface area contributed by atoms with E-state index in [1.165, 1.54) is 26.4 Å². The summed E-state index contributed by atoms with van der Waals surface area (Å²) < 4.78 is 4.87. The molecule has 2 heteroatoms. The highest BCUT2D eigenvalue weighted by Gasteiger charge is 2.17. The van der Waals surface area contributed by atoms with Crippen molar-refractivity contribution in [1.82, 2.24) is 0 Å². The maximum absolute atomic E-state index is 11.6. The van der Waals surface area contributed by atoms with E-state index in [-0.39, 0.29) is 11.9 Å². The van der Waals surface area contributed by atoms with Crippen molar-refractivity contribution < 1.29 is 9.53 Å². The van der Waals surface area contributed by atoms with Crippen molar-refractivity contribution in [3.8, 4) is 0 Å². The molecule has 0 N–H and O–H groups in total. The number of carbonyl (C=O) groups excluding carboxylic acids is 1. The summed E-state index contributed by atoms with van der Waals surface area (Å²) in [7, 11) is 1.49. The molecule has 0 aliphatic carbocycles. The Morgan fingerprint density at radius 2 is 1.82 bits per heavy atom. The summed E-state index contributed by atoms with van der Waals surface area (Å²) in [4.78, 5) is 11.6. The molecule has 0 heterocycles. The minimum absolute atomic E-state index is 0.0277. The first kappa shape index (κ1) is 16.2. The highest BCUT2D eigenvalue weighted by atomic mass is 16.5. The van der Waals surface area contributed by atoms with Crippen molar-refractivity contribution in [1.29, 1.82) is 0 Å². The molecule has 0 aromatic carbocycles. The molecule has 0 fully saturated rings. The van der Waals surface area contributed by atoms with Crippen molar-refractivity contribution in [3.05, 3.63) is 12.7 Å². The normalized spacial score (nSPS) is 12.1. The second-order valence-electron chi connectivity index (χ2n) is 4.64. The fourth-order valence-corrected chi connectivity index (χ4v) is 2.04. The van der Waals surface area contributed by atoms with Gasteiger partial charge in [-0.15, -0.1) is 6.58 Å². The third-order valence-electron chi connectivity index (χ3n) is 3.15. The van der Waals surface area contributed by atoms with Gasteiger partial charge in [0.15, 0.2) is 0 Å². The average Bonchev–Trinajstić information content (AvgIpc) is 2.36. The van der Waals surface area contributed by atoms with Gasteiger partial charge in [0.2, 0.25) is 0 Å². The Balaban J connectivity index is 3.80. The summed E-state index contributed by atoms with van der Waals surface area (Å²) in [5.74, 6) is 0.0850. The molecule has 0 saturated heterocycles. The molecule has 0 rings (SSSR count). The first-order valence-corrected chi connectivity index (χ1v) is 6.95. The predicted molar refractivity (Wildman–Crippen MR) is 72.9 cm³/mol. The summed E-state index contributed by atoms with van der Waals surface area (Å²) in [5, 5.41) is 0. The van der Waals surface area contributed by atoms with Gasteiger partial charge in [-0.1, -0.05) is 45.1 Å². The molecule has 0 amide bonds. The summed E-state index contributed by atoms with van der Waals surface area (Å²) in [5.41, 5.74) is 0. The zero-order valence-corrected chi connectivity index (χ0v) is 11.5. The first-order valence-electron chi connectivity index (χ1n) is 6.95. The zero-order chi connectivity index (χ0) is 12.9. The molecule has 1 unspecified atom stereocenters. The monoisotopic (exact) mass is 240 g/mol. The van der Waals surface area contributed by atoms with E-state index in [9.17, 15) is 4.79 Å². The Morgan fingerprint density at radius 1 is 1.18 bits per heavy atom. The van der Waals surface area contributed by atoms with Gasteiger partial charge in [0, 0.05) is 0 Å². The molecule has 1 atom stereocenters. The van der Waals surface area contributed by atoms with Crippen molar-refractivity contribution in [3.63, 3.8) is 0 Å². The molecule has 0 saturated carbocycles. The van der Waals surface area contributed by atoms with Crippen LogP contribution in [0, 0.1) is 5.92 Å². The number of methoxy groups -OCH3 is 1. The van der Waals surface area contributed by atoms with Crippen molar-refractivity contribution >= 4 is 5.97 Å². The van der Waals surface area contributed by atoms with Gasteiger partial charge in [-0.3, -0.25) is 4.79 Å². The van der Waals surface area contributed by atoms with Crippen LogP contribution < -0.4 is 0 Å². The number of carbonyl (C=O) groups is 1. The Morgan fingerprint density at radius 3 is 2.35 bits per heavy atom. The summed E-state index contributed by atoms with van der Waals surface area (Å²) in [6.45, 7) is 5.91. The minimum atomic E-state index is -0.0277. The topological polar surface area (TPSA) is 26.3 Å². The second-order valence-corrected chi connectivity index (χ2v) is 4.64. The lowest BCUT2D eigenvalue weighted by Crippen LogP contribution is -2.16. The zero-order valence-electron chi connectivity index (χ0n) is 11.5. The van der Waals surface area contributed by atoms with Crippen LogP contribution in [0.15, 0.2) is 12.7 Å². The lowest BCUT2D eigenvalue weighted by molar-refractivity contribution is -0.146. The molecular formula is C15H28O2. The largest absolute Gasteiger partial charge is 0.469 e. The molecule has 0 aromatic heterocycles. The number of esters is 1. The van der Waals surface area contributed by atoms with Crippen molar-refractivity contribution in [2.75, 3.05) is 7.11 Å². The molecule has 0 aliphatic heterocycles. The predicted octanol–water partition coefficient (Wildman–Crippen LogP) is 4.49. The number of hydrogen-bond donors (Lipinski definition) is 0. The van der Waals surface area contributed by atoms with E-state index >= 15 is 0 Å². The Hall–Kier alpha value is -0.790. The number of ether oxygens (including phenoxy) is 1. The number of unbranched alkanes of at least 4 members (excludes halogenated alkanes) is 5. The average molecular weight is 240 g/mol. The molecule has 2 nitrogen and oxygen atoms in total. The maximum atomic E-state index is 11.6. The van der Waals surface area contributed by atoms with Crippen LogP contribution in [0.1, 0.15) is 64.7 Å². The smallest absolute Gasteiger partial charge is 0.308 e. The van der Waals surface area contributed by atoms with Gasteiger partial charge in [-0.25, -0.2) is 0 Å². The molecular weight excluding hydrogens is 212 g/mol. The van der Waals surface area contributed by atoms with E-state index in [1.54, 1.807) is 0 Å². The lowest BCUT2D eigenvalue weighted by Gasteiger charge is -2.14. The van der Waals surface area contributed by atoms with Crippen LogP contribution in [-0.2, 0) is 9.53 Å². The Kier molecular flexibility index (Phi) is 11.1. The highest BCUT2D eigenvalue weighted by Crippen LogP contribution is 2.19. The van der Waals surface area contributed by atoms with E-state index in [0.29, 0.717) is 0 Å².